The van der Waals surface area contributed by atoms with Gasteiger partial charge in [0.2, 0.25) is 5.91 Å². The number of hydrogen-bond acceptors (Lipinski definition) is 3. The maximum absolute atomic E-state index is 13.1. The number of nitrogens with one attached hydrogen (secondary N) is 2. The molecular weight excluding hydrogens is 428 g/mol. The molecular formula is C24H29ClN4O3. The minimum atomic E-state index is -0.683. The first kappa shape index (κ1) is 22.4. The summed E-state index contributed by atoms with van der Waals surface area (Å²) >= 11 is 6.07. The van der Waals surface area contributed by atoms with Crippen LogP contribution in [0, 0.1) is 18.8 Å². The van der Waals surface area contributed by atoms with Crippen molar-refractivity contribution in [1.29, 1.82) is 0 Å². The number of amides is 3. The Kier molecular flexibility index (Phi) is 6.29. The molecule has 2 N–H and O–H groups in total. The van der Waals surface area contributed by atoms with E-state index in [-0.39, 0.29) is 35.3 Å². The van der Waals surface area contributed by atoms with Gasteiger partial charge in [-0.15, -0.1) is 0 Å². The Bertz CT molecular complexity index is 1100. The van der Waals surface area contributed by atoms with E-state index in [0.29, 0.717) is 30.3 Å². The van der Waals surface area contributed by atoms with Crippen molar-refractivity contribution in [2.45, 2.75) is 45.7 Å². The molecule has 1 fully saturated rings. The number of halogens is 1. The summed E-state index contributed by atoms with van der Waals surface area (Å²) in [5.74, 6) is -0.00928. The normalized spacial score (nSPS) is 20.5. The number of nitrogens with zero attached hydrogens (tertiary/aromatic N) is 2. The van der Waals surface area contributed by atoms with Gasteiger partial charge in [-0.1, -0.05) is 37.6 Å². The fourth-order valence-corrected chi connectivity index (χ4v) is 4.93. The van der Waals surface area contributed by atoms with Crippen LogP contribution in [0.2, 0.25) is 5.02 Å². The monoisotopic (exact) mass is 456 g/mol. The van der Waals surface area contributed by atoms with Gasteiger partial charge in [0, 0.05) is 48.0 Å². The fourth-order valence-electron chi connectivity index (χ4n) is 4.76. The number of aryl methyl sites for hydroxylation is 1. The molecule has 0 radical (unpaired) electrons. The lowest BCUT2D eigenvalue weighted by Gasteiger charge is -2.43. The summed E-state index contributed by atoms with van der Waals surface area (Å²) in [5.41, 5.74) is 2.54. The van der Waals surface area contributed by atoms with Crippen LogP contribution in [0.3, 0.4) is 0 Å². The molecule has 2 bridgehead atoms. The maximum atomic E-state index is 13.1. The molecule has 0 aliphatic carbocycles. The van der Waals surface area contributed by atoms with Gasteiger partial charge in [0.25, 0.3) is 5.56 Å². The molecule has 1 aromatic carbocycles. The number of piperidine rings is 1. The molecule has 170 valence electrons. The maximum Gasteiger partial charge on any atom is 0.318 e. The highest BCUT2D eigenvalue weighted by molar-refractivity contribution is 6.31. The second-order valence-electron chi connectivity index (χ2n) is 9.22. The minimum absolute atomic E-state index is 0.0166. The van der Waals surface area contributed by atoms with Crippen LogP contribution >= 0.6 is 11.6 Å². The third-order valence-electron chi connectivity index (χ3n) is 6.45. The van der Waals surface area contributed by atoms with Crippen LogP contribution in [0.4, 0.5) is 10.5 Å². The molecule has 3 atom stereocenters. The van der Waals surface area contributed by atoms with Crippen molar-refractivity contribution in [3.05, 3.63) is 63.0 Å². The zero-order valence-corrected chi connectivity index (χ0v) is 19.4. The molecule has 2 aliphatic heterocycles. The van der Waals surface area contributed by atoms with Crippen LogP contribution < -0.4 is 16.2 Å². The van der Waals surface area contributed by atoms with Crippen LogP contribution in [0.25, 0.3) is 0 Å². The topological polar surface area (TPSA) is 83.4 Å². The number of rotatable bonds is 4. The predicted molar refractivity (Wildman–Crippen MR) is 125 cm³/mol. The number of benzene rings is 1. The van der Waals surface area contributed by atoms with Gasteiger partial charge in [-0.05, 0) is 48.9 Å². The van der Waals surface area contributed by atoms with E-state index in [2.05, 4.69) is 10.6 Å². The number of carbonyl (C=O) groups excluding carboxylic acids is 2. The molecule has 2 aromatic rings. The summed E-state index contributed by atoms with van der Waals surface area (Å²) in [4.78, 5) is 40.2. The van der Waals surface area contributed by atoms with Crippen LogP contribution in [0.15, 0.2) is 41.2 Å². The second-order valence-corrected chi connectivity index (χ2v) is 9.66. The van der Waals surface area contributed by atoms with Gasteiger partial charge in [-0.2, -0.15) is 0 Å². The number of likely N-dealkylation sites (tertiary alicyclic amines) is 1. The second kappa shape index (κ2) is 8.98. The van der Waals surface area contributed by atoms with E-state index in [0.717, 1.165) is 17.7 Å². The molecule has 0 saturated carbocycles. The third-order valence-corrected chi connectivity index (χ3v) is 6.69. The molecule has 3 amide bonds. The Morgan fingerprint density at radius 2 is 1.91 bits per heavy atom. The zero-order chi connectivity index (χ0) is 23.0. The molecule has 3 heterocycles. The Hall–Kier alpha value is -2.80. The van der Waals surface area contributed by atoms with Crippen LogP contribution in [0.5, 0.6) is 0 Å². The average molecular weight is 457 g/mol. The van der Waals surface area contributed by atoms with Gasteiger partial charge in [-0.3, -0.25) is 9.59 Å². The van der Waals surface area contributed by atoms with E-state index < -0.39 is 6.04 Å². The van der Waals surface area contributed by atoms with Gasteiger partial charge in [0.15, 0.2) is 0 Å². The van der Waals surface area contributed by atoms with Gasteiger partial charge in [-0.25, -0.2) is 4.79 Å². The lowest BCUT2D eigenvalue weighted by molar-refractivity contribution is -0.118. The Morgan fingerprint density at radius 1 is 1.12 bits per heavy atom. The summed E-state index contributed by atoms with van der Waals surface area (Å²) in [5, 5.41) is 6.38. The summed E-state index contributed by atoms with van der Waals surface area (Å²) in [6, 6.07) is 9.73. The number of aromatic nitrogens is 1. The average Bonchev–Trinajstić information content (AvgIpc) is 2.74. The van der Waals surface area contributed by atoms with Gasteiger partial charge in [0.1, 0.15) is 6.04 Å². The van der Waals surface area contributed by atoms with Crippen molar-refractivity contribution >= 4 is 29.2 Å². The van der Waals surface area contributed by atoms with Crippen molar-refractivity contribution in [3.8, 4) is 0 Å². The lowest BCUT2D eigenvalue weighted by Crippen LogP contribution is -2.56. The number of anilines is 1. The molecule has 1 saturated heterocycles. The third kappa shape index (κ3) is 4.53. The molecule has 8 heteroatoms. The summed E-state index contributed by atoms with van der Waals surface area (Å²) in [6.07, 6.45) is 0.968. The van der Waals surface area contributed by atoms with E-state index in [1.54, 1.807) is 29.2 Å². The molecule has 32 heavy (non-hydrogen) atoms. The van der Waals surface area contributed by atoms with Crippen LogP contribution in [0.1, 0.15) is 37.4 Å². The first-order chi connectivity index (χ1) is 15.2. The molecule has 4 rings (SSSR count). The van der Waals surface area contributed by atoms with Gasteiger partial charge in [0.05, 0.1) is 0 Å². The molecule has 7 nitrogen and oxygen atoms in total. The highest BCUT2D eigenvalue weighted by Crippen LogP contribution is 2.35. The number of pyridine rings is 1. The van der Waals surface area contributed by atoms with Gasteiger partial charge < -0.3 is 20.1 Å². The predicted octanol–water partition coefficient (Wildman–Crippen LogP) is 3.60. The van der Waals surface area contributed by atoms with Crippen molar-refractivity contribution in [3.63, 3.8) is 0 Å². The fraction of sp³-hybridized carbons (Fsp3) is 0.458. The first-order valence-electron chi connectivity index (χ1n) is 11.0. The van der Waals surface area contributed by atoms with Gasteiger partial charge >= 0.3 is 6.03 Å². The lowest BCUT2D eigenvalue weighted by atomic mass is 9.83. The van der Waals surface area contributed by atoms with Crippen molar-refractivity contribution in [1.82, 2.24) is 14.8 Å². The highest BCUT2D eigenvalue weighted by Gasteiger charge is 2.37. The number of carbonyl (C=O) groups is 2. The highest BCUT2D eigenvalue weighted by atomic mass is 35.5. The van der Waals surface area contributed by atoms with Crippen LogP contribution in [-0.4, -0.2) is 40.5 Å². The quantitative estimate of drug-likeness (QED) is 0.737. The summed E-state index contributed by atoms with van der Waals surface area (Å²) < 4.78 is 1.84. The Morgan fingerprint density at radius 3 is 2.66 bits per heavy atom. The minimum Gasteiger partial charge on any atom is -0.326 e. The van der Waals surface area contributed by atoms with E-state index in [9.17, 15) is 14.4 Å². The van der Waals surface area contributed by atoms with E-state index in [4.69, 9.17) is 11.6 Å². The smallest absolute Gasteiger partial charge is 0.318 e. The number of urea groups is 1. The van der Waals surface area contributed by atoms with Crippen molar-refractivity contribution < 1.29 is 9.59 Å². The Balaban J connectivity index is 1.46. The van der Waals surface area contributed by atoms with Crippen molar-refractivity contribution in [2.75, 3.05) is 18.4 Å². The van der Waals surface area contributed by atoms with E-state index in [1.165, 1.54) is 0 Å². The SMILES string of the molecule is Cc1ccc(Cl)cc1NC(=O)[C@@H](NC(=O)N1C[C@@H]2C[C@H](C1)c1cccc(=O)n1C2)C(C)C. The van der Waals surface area contributed by atoms with Crippen LogP contribution in [-0.2, 0) is 11.3 Å². The largest absolute Gasteiger partial charge is 0.326 e. The summed E-state index contributed by atoms with van der Waals surface area (Å²) in [7, 11) is 0. The van der Waals surface area contributed by atoms with E-state index in [1.807, 2.05) is 37.5 Å². The van der Waals surface area contributed by atoms with E-state index >= 15 is 0 Å². The summed E-state index contributed by atoms with van der Waals surface area (Å²) in [6.45, 7) is 7.43. The molecule has 1 aromatic heterocycles. The number of hydrogen-bond donors (Lipinski definition) is 2. The van der Waals surface area contributed by atoms with Crippen molar-refractivity contribution in [2.24, 2.45) is 11.8 Å². The molecule has 0 spiro atoms. The zero-order valence-electron chi connectivity index (χ0n) is 18.6. The standard InChI is InChI=1S/C24H29ClN4O3/c1-14(2)22(23(31)26-19-10-18(25)8-7-15(19)3)27-24(32)28-11-16-9-17(13-28)20-5-4-6-21(30)29(20)12-16/h4-8,10,14,16-17,22H,9,11-13H2,1-3H3,(H,26,31)(H,27,32)/t16-,17+,22-/m0/s1. The first-order valence-corrected chi connectivity index (χ1v) is 11.4. The Labute approximate surface area is 192 Å². The molecule has 0 unspecified atom stereocenters. The molecule has 2 aliphatic rings. The number of fused-ring (bicyclic) bond motifs is 4.